The lowest BCUT2D eigenvalue weighted by Crippen LogP contribution is -2.17. The SMILES string of the molecule is CNCCNc1nc(Cc2cccc(F)c2)ns1. The van der Waals surface area contributed by atoms with E-state index in [-0.39, 0.29) is 5.82 Å². The molecule has 0 spiro atoms. The Morgan fingerprint density at radius 3 is 3.00 bits per heavy atom. The van der Waals surface area contributed by atoms with Crippen molar-refractivity contribution in [3.63, 3.8) is 0 Å². The third kappa shape index (κ3) is 3.75. The van der Waals surface area contributed by atoms with E-state index in [1.165, 1.54) is 23.7 Å². The van der Waals surface area contributed by atoms with Crippen LogP contribution in [0.15, 0.2) is 24.3 Å². The van der Waals surface area contributed by atoms with Crippen molar-refractivity contribution in [3.8, 4) is 0 Å². The minimum atomic E-state index is -0.227. The molecule has 0 bridgehead atoms. The van der Waals surface area contributed by atoms with Crippen LogP contribution in [0.1, 0.15) is 11.4 Å². The molecule has 0 aliphatic heterocycles. The van der Waals surface area contributed by atoms with Crippen LogP contribution >= 0.6 is 11.5 Å². The van der Waals surface area contributed by atoms with Gasteiger partial charge in [-0.3, -0.25) is 0 Å². The van der Waals surface area contributed by atoms with Crippen molar-refractivity contribution in [2.45, 2.75) is 6.42 Å². The fourth-order valence-electron chi connectivity index (χ4n) is 1.52. The van der Waals surface area contributed by atoms with Crippen LogP contribution in [-0.2, 0) is 6.42 Å². The number of aromatic nitrogens is 2. The molecule has 2 aromatic rings. The predicted molar refractivity (Wildman–Crippen MR) is 71.5 cm³/mol. The first-order chi connectivity index (χ1) is 8.78. The van der Waals surface area contributed by atoms with E-state index in [2.05, 4.69) is 20.0 Å². The second kappa shape index (κ2) is 6.42. The molecule has 1 aromatic heterocycles. The standard InChI is InChI=1S/C12H15FN4S/c1-14-5-6-15-12-16-11(17-18-12)8-9-3-2-4-10(13)7-9/h2-4,7,14H,5-6,8H2,1H3,(H,15,16,17). The van der Waals surface area contributed by atoms with Crippen molar-refractivity contribution < 1.29 is 4.39 Å². The van der Waals surface area contributed by atoms with Gasteiger partial charge in [-0.1, -0.05) is 12.1 Å². The van der Waals surface area contributed by atoms with Crippen molar-refractivity contribution in [2.75, 3.05) is 25.5 Å². The van der Waals surface area contributed by atoms with E-state index in [1.807, 2.05) is 13.1 Å². The van der Waals surface area contributed by atoms with Crippen molar-refractivity contribution in [1.82, 2.24) is 14.7 Å². The molecule has 0 saturated heterocycles. The summed E-state index contributed by atoms with van der Waals surface area (Å²) in [6.07, 6.45) is 0.558. The van der Waals surface area contributed by atoms with Crippen LogP contribution in [0.25, 0.3) is 0 Å². The number of likely N-dealkylation sites (N-methyl/N-ethyl adjacent to an activating group) is 1. The summed E-state index contributed by atoms with van der Waals surface area (Å²) >= 11 is 1.33. The number of nitrogens with zero attached hydrogens (tertiary/aromatic N) is 2. The van der Waals surface area contributed by atoms with Gasteiger partial charge in [-0.05, 0) is 24.7 Å². The van der Waals surface area contributed by atoms with Crippen LogP contribution in [0.5, 0.6) is 0 Å². The number of hydrogen-bond acceptors (Lipinski definition) is 5. The molecule has 0 saturated carbocycles. The van der Waals surface area contributed by atoms with E-state index in [4.69, 9.17) is 0 Å². The second-order valence-electron chi connectivity index (χ2n) is 3.85. The average molecular weight is 266 g/mol. The Morgan fingerprint density at radius 1 is 1.33 bits per heavy atom. The minimum Gasteiger partial charge on any atom is -0.359 e. The van der Waals surface area contributed by atoms with Crippen LogP contribution < -0.4 is 10.6 Å². The van der Waals surface area contributed by atoms with Crippen molar-refractivity contribution in [3.05, 3.63) is 41.5 Å². The molecule has 0 radical (unpaired) electrons. The summed E-state index contributed by atoms with van der Waals surface area (Å²) in [6, 6.07) is 6.51. The topological polar surface area (TPSA) is 49.8 Å². The maximum absolute atomic E-state index is 13.0. The monoisotopic (exact) mass is 266 g/mol. The van der Waals surface area contributed by atoms with Gasteiger partial charge in [0.15, 0.2) is 0 Å². The van der Waals surface area contributed by atoms with Crippen LogP contribution in [0.2, 0.25) is 0 Å². The molecule has 18 heavy (non-hydrogen) atoms. The fourth-order valence-corrected chi connectivity index (χ4v) is 2.13. The number of hydrogen-bond donors (Lipinski definition) is 2. The van der Waals surface area contributed by atoms with E-state index in [1.54, 1.807) is 6.07 Å². The molecular weight excluding hydrogens is 251 g/mol. The molecule has 4 nitrogen and oxygen atoms in total. The Morgan fingerprint density at radius 2 is 2.22 bits per heavy atom. The third-order valence-corrected chi connectivity index (χ3v) is 3.08. The van der Waals surface area contributed by atoms with Crippen LogP contribution in [0.3, 0.4) is 0 Å². The summed E-state index contributed by atoms with van der Waals surface area (Å²) in [4.78, 5) is 4.35. The normalized spacial score (nSPS) is 10.6. The highest BCUT2D eigenvalue weighted by Gasteiger charge is 2.05. The lowest BCUT2D eigenvalue weighted by Gasteiger charge is -1.99. The zero-order valence-electron chi connectivity index (χ0n) is 10.1. The predicted octanol–water partition coefficient (Wildman–Crippen LogP) is 1.90. The first-order valence-electron chi connectivity index (χ1n) is 5.73. The van der Waals surface area contributed by atoms with Gasteiger partial charge in [-0.25, -0.2) is 9.37 Å². The Kier molecular flexibility index (Phi) is 4.60. The molecule has 6 heteroatoms. The van der Waals surface area contributed by atoms with E-state index in [0.717, 1.165) is 29.6 Å². The van der Waals surface area contributed by atoms with Gasteiger partial charge in [0, 0.05) is 31.0 Å². The zero-order chi connectivity index (χ0) is 12.8. The molecule has 0 unspecified atom stereocenters. The summed E-state index contributed by atoms with van der Waals surface area (Å²) in [6.45, 7) is 1.68. The average Bonchev–Trinajstić information content (AvgIpc) is 2.77. The summed E-state index contributed by atoms with van der Waals surface area (Å²) in [5.74, 6) is 0.493. The lowest BCUT2D eigenvalue weighted by atomic mass is 10.1. The number of nitrogens with one attached hydrogen (secondary N) is 2. The fraction of sp³-hybridized carbons (Fsp3) is 0.333. The van der Waals surface area contributed by atoms with Crippen molar-refractivity contribution >= 4 is 16.7 Å². The lowest BCUT2D eigenvalue weighted by molar-refractivity contribution is 0.626. The molecule has 0 fully saturated rings. The number of rotatable bonds is 6. The molecule has 1 aromatic carbocycles. The van der Waals surface area contributed by atoms with Crippen LogP contribution in [0.4, 0.5) is 9.52 Å². The van der Waals surface area contributed by atoms with Crippen molar-refractivity contribution in [2.24, 2.45) is 0 Å². The van der Waals surface area contributed by atoms with Gasteiger partial charge in [-0.2, -0.15) is 4.37 Å². The quantitative estimate of drug-likeness (QED) is 0.784. The number of halogens is 1. The maximum atomic E-state index is 13.0. The Balaban J connectivity index is 1.94. The summed E-state index contributed by atoms with van der Waals surface area (Å²) in [7, 11) is 1.90. The van der Waals surface area contributed by atoms with Gasteiger partial charge in [0.25, 0.3) is 0 Å². The molecule has 0 amide bonds. The summed E-state index contributed by atoms with van der Waals surface area (Å²) < 4.78 is 17.3. The number of anilines is 1. The van der Waals surface area contributed by atoms with Gasteiger partial charge >= 0.3 is 0 Å². The zero-order valence-corrected chi connectivity index (χ0v) is 10.9. The van der Waals surface area contributed by atoms with Crippen LogP contribution in [0, 0.1) is 5.82 Å². The molecule has 2 rings (SSSR count). The highest BCUT2D eigenvalue weighted by molar-refractivity contribution is 7.09. The molecule has 0 aliphatic carbocycles. The summed E-state index contributed by atoms with van der Waals surface area (Å²) in [5, 5.41) is 7.02. The second-order valence-corrected chi connectivity index (χ2v) is 4.60. The molecule has 0 atom stereocenters. The Hall–Kier alpha value is -1.53. The molecular formula is C12H15FN4S. The van der Waals surface area contributed by atoms with Crippen LogP contribution in [-0.4, -0.2) is 29.5 Å². The smallest absolute Gasteiger partial charge is 0.202 e. The summed E-state index contributed by atoms with van der Waals surface area (Å²) in [5.41, 5.74) is 0.884. The van der Waals surface area contributed by atoms with Gasteiger partial charge in [-0.15, -0.1) is 0 Å². The van der Waals surface area contributed by atoms with E-state index >= 15 is 0 Å². The van der Waals surface area contributed by atoms with Crippen molar-refractivity contribution in [1.29, 1.82) is 0 Å². The van der Waals surface area contributed by atoms with E-state index < -0.39 is 0 Å². The molecule has 0 aliphatic rings. The highest BCUT2D eigenvalue weighted by Crippen LogP contribution is 2.14. The minimum absolute atomic E-state index is 0.227. The first-order valence-corrected chi connectivity index (χ1v) is 6.51. The third-order valence-electron chi connectivity index (χ3n) is 2.37. The Bertz CT molecular complexity index is 500. The van der Waals surface area contributed by atoms with E-state index in [9.17, 15) is 4.39 Å². The van der Waals surface area contributed by atoms with Gasteiger partial charge < -0.3 is 10.6 Å². The molecule has 1 heterocycles. The van der Waals surface area contributed by atoms with Gasteiger partial charge in [0.05, 0.1) is 0 Å². The maximum Gasteiger partial charge on any atom is 0.202 e. The van der Waals surface area contributed by atoms with Gasteiger partial charge in [0.1, 0.15) is 11.6 Å². The highest BCUT2D eigenvalue weighted by atomic mass is 32.1. The van der Waals surface area contributed by atoms with Gasteiger partial charge in [0.2, 0.25) is 5.13 Å². The molecule has 96 valence electrons. The number of benzene rings is 1. The Labute approximate surface area is 109 Å². The van der Waals surface area contributed by atoms with E-state index in [0.29, 0.717) is 6.42 Å². The molecule has 2 N–H and O–H groups in total. The largest absolute Gasteiger partial charge is 0.359 e. The first kappa shape index (κ1) is 12.9.